The van der Waals surface area contributed by atoms with Gasteiger partial charge in [0.2, 0.25) is 15.9 Å². The average Bonchev–Trinajstić information content (AvgIpc) is 2.65. The Hall–Kier alpha value is -2.20. The molecule has 10 heteroatoms. The van der Waals surface area contributed by atoms with E-state index in [1.807, 2.05) is 4.90 Å². The molecule has 26 heavy (non-hydrogen) atoms. The average molecular weight is 382 g/mol. The largest absolute Gasteiger partial charge is 0.355 e. The van der Waals surface area contributed by atoms with Gasteiger partial charge >= 0.3 is 0 Å². The number of carbonyl (C=O) groups is 1. The molecule has 1 amide bonds. The van der Waals surface area contributed by atoms with Crippen molar-refractivity contribution in [2.45, 2.75) is 30.7 Å². The fourth-order valence-corrected chi connectivity index (χ4v) is 3.68. The summed E-state index contributed by atoms with van der Waals surface area (Å²) in [4.78, 5) is 21.3. The zero-order chi connectivity index (χ0) is 19.0. The lowest BCUT2D eigenvalue weighted by Crippen LogP contribution is -2.50. The third kappa shape index (κ3) is 5.95. The van der Waals surface area contributed by atoms with E-state index in [2.05, 4.69) is 25.3 Å². The van der Waals surface area contributed by atoms with Gasteiger partial charge in [0.05, 0.1) is 0 Å². The number of nitrogens with one attached hydrogen (secondary N) is 3. The predicted molar refractivity (Wildman–Crippen MR) is 99.2 cm³/mol. The molecule has 144 valence electrons. The standard InChI is InChI=1S/C16H26N6O3S/c1-13(23)22-10-5-14(6-11-22)21-16(17-2)19-8-9-20-26(24,25)15-4-3-7-18-12-15/h3-4,7,12,14,20H,5-6,8-11H2,1-2H3,(H2,17,19,21). The van der Waals surface area contributed by atoms with Crippen molar-refractivity contribution in [1.82, 2.24) is 25.2 Å². The summed E-state index contributed by atoms with van der Waals surface area (Å²) in [6.45, 7) is 3.66. The molecule has 9 nitrogen and oxygen atoms in total. The van der Waals surface area contributed by atoms with E-state index < -0.39 is 10.0 Å². The third-order valence-corrected chi connectivity index (χ3v) is 5.61. The summed E-state index contributed by atoms with van der Waals surface area (Å²) >= 11 is 0. The molecule has 0 spiro atoms. The van der Waals surface area contributed by atoms with Crippen molar-refractivity contribution < 1.29 is 13.2 Å². The zero-order valence-electron chi connectivity index (χ0n) is 15.1. The van der Waals surface area contributed by atoms with Gasteiger partial charge in [0, 0.05) is 58.6 Å². The number of aliphatic imine (C=N–C) groups is 1. The summed E-state index contributed by atoms with van der Waals surface area (Å²) < 4.78 is 26.7. The smallest absolute Gasteiger partial charge is 0.242 e. The van der Waals surface area contributed by atoms with Crippen LogP contribution in [0.4, 0.5) is 0 Å². The molecule has 3 N–H and O–H groups in total. The van der Waals surface area contributed by atoms with Gasteiger partial charge in [-0.3, -0.25) is 14.8 Å². The Kier molecular flexibility index (Phi) is 7.34. The summed E-state index contributed by atoms with van der Waals surface area (Å²) in [5.74, 6) is 0.721. The van der Waals surface area contributed by atoms with Gasteiger partial charge in [-0.25, -0.2) is 13.1 Å². The highest BCUT2D eigenvalue weighted by molar-refractivity contribution is 7.89. The van der Waals surface area contributed by atoms with Gasteiger partial charge in [0.15, 0.2) is 5.96 Å². The number of guanidine groups is 1. The second kappa shape index (κ2) is 9.48. The molecule has 0 aliphatic carbocycles. The molecular weight excluding hydrogens is 356 g/mol. The van der Waals surface area contributed by atoms with E-state index in [1.165, 1.54) is 18.5 Å². The molecule has 2 heterocycles. The van der Waals surface area contributed by atoms with Crippen LogP contribution in [0.3, 0.4) is 0 Å². The van der Waals surface area contributed by atoms with Crippen molar-refractivity contribution in [3.63, 3.8) is 0 Å². The molecular formula is C16H26N6O3S. The van der Waals surface area contributed by atoms with Crippen LogP contribution in [0.15, 0.2) is 34.4 Å². The highest BCUT2D eigenvalue weighted by atomic mass is 32.2. The van der Waals surface area contributed by atoms with Crippen LogP contribution in [0.5, 0.6) is 0 Å². The minimum atomic E-state index is -3.56. The first-order valence-corrected chi connectivity index (χ1v) is 10.0. The Morgan fingerprint density at radius 2 is 2.08 bits per heavy atom. The molecule has 1 saturated heterocycles. The van der Waals surface area contributed by atoms with Crippen LogP contribution in [-0.4, -0.2) is 69.4 Å². The van der Waals surface area contributed by atoms with E-state index in [1.54, 1.807) is 20.0 Å². The number of nitrogens with zero attached hydrogens (tertiary/aromatic N) is 3. The maximum absolute atomic E-state index is 12.1. The molecule has 1 aliphatic rings. The van der Waals surface area contributed by atoms with Gasteiger partial charge in [-0.05, 0) is 25.0 Å². The van der Waals surface area contributed by atoms with Crippen molar-refractivity contribution in [1.29, 1.82) is 0 Å². The number of likely N-dealkylation sites (tertiary alicyclic amines) is 1. The fourth-order valence-electron chi connectivity index (χ4n) is 2.68. The molecule has 0 saturated carbocycles. The second-order valence-electron chi connectivity index (χ2n) is 6.01. The SMILES string of the molecule is CN=C(NCCNS(=O)(=O)c1cccnc1)NC1CCN(C(C)=O)CC1. The van der Waals surface area contributed by atoms with Crippen LogP contribution in [0.1, 0.15) is 19.8 Å². The van der Waals surface area contributed by atoms with E-state index in [-0.39, 0.29) is 23.4 Å². The van der Waals surface area contributed by atoms with Crippen LogP contribution in [0, 0.1) is 0 Å². The van der Waals surface area contributed by atoms with E-state index in [9.17, 15) is 13.2 Å². The van der Waals surface area contributed by atoms with E-state index >= 15 is 0 Å². The summed E-state index contributed by atoms with van der Waals surface area (Å²) in [5, 5.41) is 6.40. The van der Waals surface area contributed by atoms with Crippen molar-refractivity contribution in [3.8, 4) is 0 Å². The van der Waals surface area contributed by atoms with Gasteiger partial charge in [-0.15, -0.1) is 0 Å². The van der Waals surface area contributed by atoms with Crippen molar-refractivity contribution in [2.75, 3.05) is 33.2 Å². The van der Waals surface area contributed by atoms with E-state index in [0.717, 1.165) is 25.9 Å². The first kappa shape index (κ1) is 20.1. The Labute approximate surface area is 154 Å². The summed E-state index contributed by atoms with van der Waals surface area (Å²) in [6.07, 6.45) is 4.54. The number of piperidine rings is 1. The molecule has 0 bridgehead atoms. The molecule has 0 radical (unpaired) electrons. The van der Waals surface area contributed by atoms with Gasteiger partial charge < -0.3 is 15.5 Å². The Morgan fingerprint density at radius 1 is 1.35 bits per heavy atom. The van der Waals surface area contributed by atoms with Gasteiger partial charge in [-0.2, -0.15) is 0 Å². The van der Waals surface area contributed by atoms with Crippen molar-refractivity contribution in [3.05, 3.63) is 24.5 Å². The normalized spacial score (nSPS) is 16.4. The Bertz CT molecular complexity index is 715. The molecule has 0 unspecified atom stereocenters. The fraction of sp³-hybridized carbons (Fsp3) is 0.562. The van der Waals surface area contributed by atoms with Crippen molar-refractivity contribution >= 4 is 21.9 Å². The molecule has 0 aromatic carbocycles. The number of carbonyl (C=O) groups excluding carboxylic acids is 1. The Morgan fingerprint density at radius 3 is 2.65 bits per heavy atom. The number of sulfonamides is 1. The highest BCUT2D eigenvalue weighted by Crippen LogP contribution is 2.10. The minimum absolute atomic E-state index is 0.104. The molecule has 1 fully saturated rings. The van der Waals surface area contributed by atoms with Crippen LogP contribution in [0.25, 0.3) is 0 Å². The number of amides is 1. The number of hydrogen-bond acceptors (Lipinski definition) is 5. The van der Waals surface area contributed by atoms with E-state index in [0.29, 0.717) is 12.5 Å². The third-order valence-electron chi connectivity index (χ3n) is 4.16. The maximum Gasteiger partial charge on any atom is 0.242 e. The van der Waals surface area contributed by atoms with Crippen LogP contribution >= 0.6 is 0 Å². The number of pyridine rings is 1. The van der Waals surface area contributed by atoms with Crippen LogP contribution in [0.2, 0.25) is 0 Å². The Balaban J connectivity index is 1.72. The van der Waals surface area contributed by atoms with Crippen LogP contribution in [-0.2, 0) is 14.8 Å². The van der Waals surface area contributed by atoms with Gasteiger partial charge in [0.25, 0.3) is 0 Å². The topological polar surface area (TPSA) is 116 Å². The van der Waals surface area contributed by atoms with Crippen molar-refractivity contribution in [2.24, 2.45) is 4.99 Å². The summed E-state index contributed by atoms with van der Waals surface area (Å²) in [5.41, 5.74) is 0. The lowest BCUT2D eigenvalue weighted by molar-refractivity contribution is -0.129. The van der Waals surface area contributed by atoms with Gasteiger partial charge in [0.1, 0.15) is 4.90 Å². The number of rotatable bonds is 6. The molecule has 2 rings (SSSR count). The number of hydrogen-bond donors (Lipinski definition) is 3. The zero-order valence-corrected chi connectivity index (χ0v) is 15.9. The quantitative estimate of drug-likeness (QED) is 0.348. The number of aromatic nitrogens is 1. The maximum atomic E-state index is 12.1. The first-order chi connectivity index (χ1) is 12.4. The first-order valence-electron chi connectivity index (χ1n) is 8.55. The molecule has 1 aromatic heterocycles. The molecule has 1 aliphatic heterocycles. The second-order valence-corrected chi connectivity index (χ2v) is 7.78. The minimum Gasteiger partial charge on any atom is -0.355 e. The monoisotopic (exact) mass is 382 g/mol. The lowest BCUT2D eigenvalue weighted by atomic mass is 10.1. The summed E-state index contributed by atoms with van der Waals surface area (Å²) in [6, 6.07) is 3.32. The molecule has 0 atom stereocenters. The predicted octanol–water partition coefficient (Wildman–Crippen LogP) is -0.464. The molecule has 1 aromatic rings. The lowest BCUT2D eigenvalue weighted by Gasteiger charge is -2.32. The van der Waals surface area contributed by atoms with E-state index in [4.69, 9.17) is 0 Å². The van der Waals surface area contributed by atoms with Crippen LogP contribution < -0.4 is 15.4 Å². The van der Waals surface area contributed by atoms with Gasteiger partial charge in [-0.1, -0.05) is 0 Å². The summed E-state index contributed by atoms with van der Waals surface area (Å²) in [7, 11) is -1.89. The highest BCUT2D eigenvalue weighted by Gasteiger charge is 2.21.